The van der Waals surface area contributed by atoms with Crippen LogP contribution in [0.3, 0.4) is 0 Å². The highest BCUT2D eigenvalue weighted by molar-refractivity contribution is 5.76. The lowest BCUT2D eigenvalue weighted by Gasteiger charge is -2.07. The molecule has 0 bridgehead atoms. The van der Waals surface area contributed by atoms with E-state index in [-0.39, 0.29) is 5.91 Å². The summed E-state index contributed by atoms with van der Waals surface area (Å²) in [5.41, 5.74) is 1.64. The van der Waals surface area contributed by atoms with Crippen LogP contribution in [-0.2, 0) is 24.3 Å². The second-order valence-electron chi connectivity index (χ2n) is 6.66. The number of furan rings is 1. The third kappa shape index (κ3) is 4.75. The van der Waals surface area contributed by atoms with E-state index in [1.54, 1.807) is 17.9 Å². The first-order valence-electron chi connectivity index (χ1n) is 9.58. The largest absolute Gasteiger partial charge is 0.497 e. The Labute approximate surface area is 173 Å². The second kappa shape index (κ2) is 9.08. The van der Waals surface area contributed by atoms with E-state index in [0.717, 1.165) is 17.1 Å². The van der Waals surface area contributed by atoms with Gasteiger partial charge in [-0.05, 0) is 42.0 Å². The number of hydrogen-bond donors (Lipinski definition) is 2. The van der Waals surface area contributed by atoms with Crippen molar-refractivity contribution in [3.05, 3.63) is 71.9 Å². The van der Waals surface area contributed by atoms with E-state index < -0.39 is 0 Å². The molecule has 0 spiro atoms. The number of ether oxygens (including phenoxy) is 1. The van der Waals surface area contributed by atoms with Crippen LogP contribution in [0.15, 0.2) is 59.2 Å². The van der Waals surface area contributed by atoms with Gasteiger partial charge in [0, 0.05) is 19.4 Å². The quantitative estimate of drug-likeness (QED) is 0.440. The fraction of sp³-hybridized carbons (Fsp3) is 0.238. The van der Waals surface area contributed by atoms with Crippen molar-refractivity contribution < 1.29 is 13.9 Å². The van der Waals surface area contributed by atoms with Crippen LogP contribution in [0.4, 0.5) is 5.82 Å². The van der Waals surface area contributed by atoms with Crippen molar-refractivity contribution in [3.63, 3.8) is 0 Å². The van der Waals surface area contributed by atoms with Crippen molar-refractivity contribution >= 4 is 17.4 Å². The molecule has 3 heterocycles. The minimum absolute atomic E-state index is 0.0605. The van der Waals surface area contributed by atoms with E-state index in [4.69, 9.17) is 9.15 Å². The van der Waals surface area contributed by atoms with Crippen molar-refractivity contribution in [2.24, 2.45) is 0 Å². The molecule has 0 saturated heterocycles. The number of aryl methyl sites for hydroxylation is 1. The molecule has 0 aliphatic heterocycles. The van der Waals surface area contributed by atoms with Gasteiger partial charge >= 0.3 is 0 Å². The topological polar surface area (TPSA) is 107 Å². The number of nitrogens with zero attached hydrogens (tertiary/aromatic N) is 4. The molecule has 30 heavy (non-hydrogen) atoms. The summed E-state index contributed by atoms with van der Waals surface area (Å²) in [7, 11) is 1.62. The van der Waals surface area contributed by atoms with Gasteiger partial charge in [0.1, 0.15) is 17.3 Å². The Hall–Kier alpha value is -3.88. The van der Waals surface area contributed by atoms with Gasteiger partial charge in [0.05, 0.1) is 19.9 Å². The average Bonchev–Trinajstić information content (AvgIpc) is 3.45. The van der Waals surface area contributed by atoms with Gasteiger partial charge in [-0.3, -0.25) is 4.79 Å². The summed E-state index contributed by atoms with van der Waals surface area (Å²) in [6, 6.07) is 15.0. The van der Waals surface area contributed by atoms with Gasteiger partial charge in [0.15, 0.2) is 11.5 Å². The SMILES string of the molecule is COc1ccc(CNC(=O)CCc2nnc3ccc(NCc4ccco4)nn23)cc1. The smallest absolute Gasteiger partial charge is 0.220 e. The van der Waals surface area contributed by atoms with E-state index in [1.807, 2.05) is 48.5 Å². The number of methoxy groups -OCH3 is 1. The second-order valence-corrected chi connectivity index (χ2v) is 6.66. The molecule has 3 aromatic heterocycles. The molecule has 0 fully saturated rings. The normalized spacial score (nSPS) is 10.8. The average molecular weight is 406 g/mol. The van der Waals surface area contributed by atoms with Gasteiger partial charge in [0.2, 0.25) is 5.91 Å². The highest BCUT2D eigenvalue weighted by Gasteiger charge is 2.10. The summed E-state index contributed by atoms with van der Waals surface area (Å²) in [4.78, 5) is 12.2. The van der Waals surface area contributed by atoms with Crippen LogP contribution < -0.4 is 15.4 Å². The third-order valence-corrected chi connectivity index (χ3v) is 4.58. The highest BCUT2D eigenvalue weighted by atomic mass is 16.5. The van der Waals surface area contributed by atoms with Crippen molar-refractivity contribution in [3.8, 4) is 5.75 Å². The number of nitrogens with one attached hydrogen (secondary N) is 2. The number of carbonyl (C=O) groups is 1. The number of amides is 1. The summed E-state index contributed by atoms with van der Waals surface area (Å²) in [5.74, 6) is 2.84. The molecule has 1 aromatic carbocycles. The predicted octanol–water partition coefficient (Wildman–Crippen LogP) is 2.59. The van der Waals surface area contributed by atoms with Crippen molar-refractivity contribution in [2.75, 3.05) is 12.4 Å². The number of aromatic nitrogens is 4. The van der Waals surface area contributed by atoms with Crippen LogP contribution >= 0.6 is 0 Å². The van der Waals surface area contributed by atoms with Crippen molar-refractivity contribution in [1.82, 2.24) is 25.1 Å². The highest BCUT2D eigenvalue weighted by Crippen LogP contribution is 2.12. The predicted molar refractivity (Wildman–Crippen MR) is 110 cm³/mol. The molecule has 9 heteroatoms. The van der Waals surface area contributed by atoms with Gasteiger partial charge < -0.3 is 19.8 Å². The summed E-state index contributed by atoms with van der Waals surface area (Å²) in [6.45, 7) is 0.985. The Morgan fingerprint density at radius 2 is 1.97 bits per heavy atom. The summed E-state index contributed by atoms with van der Waals surface area (Å²) in [5, 5.41) is 18.9. The molecular weight excluding hydrogens is 384 g/mol. The number of anilines is 1. The lowest BCUT2D eigenvalue weighted by molar-refractivity contribution is -0.121. The molecule has 154 valence electrons. The Morgan fingerprint density at radius 1 is 1.10 bits per heavy atom. The van der Waals surface area contributed by atoms with E-state index >= 15 is 0 Å². The Bertz CT molecular complexity index is 1110. The molecule has 2 N–H and O–H groups in total. The monoisotopic (exact) mass is 406 g/mol. The van der Waals surface area contributed by atoms with E-state index in [1.165, 1.54) is 0 Å². The number of benzene rings is 1. The molecule has 0 aliphatic carbocycles. The zero-order valence-corrected chi connectivity index (χ0v) is 16.5. The summed E-state index contributed by atoms with van der Waals surface area (Å²) in [6.07, 6.45) is 2.36. The van der Waals surface area contributed by atoms with Crippen molar-refractivity contribution in [1.29, 1.82) is 0 Å². The lowest BCUT2D eigenvalue weighted by atomic mass is 10.2. The van der Waals surface area contributed by atoms with E-state index in [9.17, 15) is 4.79 Å². The molecular formula is C21H22N6O3. The number of fused-ring (bicyclic) bond motifs is 1. The molecule has 0 aliphatic rings. The molecule has 0 unspecified atom stereocenters. The van der Waals surface area contributed by atoms with Gasteiger partial charge in [-0.2, -0.15) is 4.52 Å². The van der Waals surface area contributed by atoms with Gasteiger partial charge in [-0.1, -0.05) is 12.1 Å². The zero-order chi connectivity index (χ0) is 20.8. The maximum absolute atomic E-state index is 12.2. The number of rotatable bonds is 9. The van der Waals surface area contributed by atoms with E-state index in [0.29, 0.717) is 43.2 Å². The first-order valence-corrected chi connectivity index (χ1v) is 9.58. The maximum Gasteiger partial charge on any atom is 0.220 e. The van der Waals surface area contributed by atoms with Crippen LogP contribution in [0.25, 0.3) is 5.65 Å². The molecule has 0 saturated carbocycles. The van der Waals surface area contributed by atoms with Crippen LogP contribution in [0, 0.1) is 0 Å². The molecule has 4 rings (SSSR count). The van der Waals surface area contributed by atoms with Gasteiger partial charge in [-0.25, -0.2) is 0 Å². The minimum atomic E-state index is -0.0605. The van der Waals surface area contributed by atoms with Crippen LogP contribution in [-0.4, -0.2) is 32.8 Å². The Balaban J connectivity index is 1.32. The third-order valence-electron chi connectivity index (χ3n) is 4.58. The molecule has 0 atom stereocenters. The molecule has 1 amide bonds. The van der Waals surface area contributed by atoms with Crippen LogP contribution in [0.1, 0.15) is 23.6 Å². The number of hydrogen-bond acceptors (Lipinski definition) is 7. The summed E-state index contributed by atoms with van der Waals surface area (Å²) < 4.78 is 12.1. The van der Waals surface area contributed by atoms with Crippen LogP contribution in [0.5, 0.6) is 5.75 Å². The molecule has 4 aromatic rings. The lowest BCUT2D eigenvalue weighted by Crippen LogP contribution is -2.23. The summed E-state index contributed by atoms with van der Waals surface area (Å²) >= 11 is 0. The fourth-order valence-electron chi connectivity index (χ4n) is 2.93. The maximum atomic E-state index is 12.2. The molecule has 0 radical (unpaired) electrons. The van der Waals surface area contributed by atoms with E-state index in [2.05, 4.69) is 25.9 Å². The Morgan fingerprint density at radius 3 is 2.73 bits per heavy atom. The first-order chi connectivity index (χ1) is 14.7. The van der Waals surface area contributed by atoms with Crippen LogP contribution in [0.2, 0.25) is 0 Å². The zero-order valence-electron chi connectivity index (χ0n) is 16.5. The fourth-order valence-corrected chi connectivity index (χ4v) is 2.93. The van der Waals surface area contributed by atoms with Crippen molar-refractivity contribution in [2.45, 2.75) is 25.9 Å². The molecule has 9 nitrogen and oxygen atoms in total. The first kappa shape index (κ1) is 19.4. The Kier molecular flexibility index (Phi) is 5.88. The van der Waals surface area contributed by atoms with Gasteiger partial charge in [0.25, 0.3) is 0 Å². The minimum Gasteiger partial charge on any atom is -0.497 e. The standard InChI is InChI=1S/C21H22N6O3/c1-29-16-6-4-15(5-7-16)13-23-21(28)11-10-20-25-24-19-9-8-18(26-27(19)20)22-14-17-3-2-12-30-17/h2-9,12H,10-11,13-14H2,1H3,(H,22,26)(H,23,28). The van der Waals surface area contributed by atoms with Gasteiger partial charge in [-0.15, -0.1) is 15.3 Å². The number of carbonyl (C=O) groups excluding carboxylic acids is 1.